The predicted molar refractivity (Wildman–Crippen MR) is 229 cm³/mol. The molecular weight excluding hydrogens is 819 g/mol. The second-order valence-electron chi connectivity index (χ2n) is 15.7. The number of hydrazone groups is 1. The molecule has 2 fully saturated rings. The van der Waals surface area contributed by atoms with Crippen LogP contribution in [0.4, 0.5) is 20.3 Å². The third-order valence-electron chi connectivity index (χ3n) is 11.5. The van der Waals surface area contributed by atoms with Gasteiger partial charge in [-0.2, -0.15) is 10.5 Å². The molecule has 330 valence electrons. The molecule has 0 aliphatic carbocycles. The van der Waals surface area contributed by atoms with E-state index in [1.54, 1.807) is 37.5 Å². The van der Waals surface area contributed by atoms with Crippen LogP contribution < -0.4 is 32.0 Å². The smallest absolute Gasteiger partial charge is 0.329 e. The zero-order valence-electron chi connectivity index (χ0n) is 34.8. The standard InChI is InChI=1S/C43H48F2N12O6/c1-53-34-24-27(7-12-32(34)57(43(53)62)33-13-14-36(58)51-42(33)61)6-2-4-22-63-23-5-3-16-47-40(59)28-8-10-29(11-9-28)56-26-31(37(52-56)38(44)45)49-41(60)30-25-48-55-19-15-35(50-39(30)55)54-20-17-46-18-21-54/h7-12,15,19,24-26,33,37-38,46H,2-6,13-14,16-18,20-23H2,1H3,(H2-,47,49,51,52,58,59,60,61)/p+1. The van der Waals surface area contributed by atoms with E-state index in [-0.39, 0.29) is 47.3 Å². The first-order valence-electron chi connectivity index (χ1n) is 21.2. The fourth-order valence-corrected chi connectivity index (χ4v) is 7.99. The molecule has 0 radical (unpaired) electrons. The van der Waals surface area contributed by atoms with Gasteiger partial charge in [0.25, 0.3) is 18.2 Å². The molecule has 0 spiro atoms. The number of hydrogen-bond acceptors (Lipinski definition) is 11. The van der Waals surface area contributed by atoms with Crippen LogP contribution >= 0.6 is 0 Å². The van der Waals surface area contributed by atoms with Gasteiger partial charge in [-0.05, 0) is 74.4 Å². The number of halogens is 2. The van der Waals surface area contributed by atoms with Crippen molar-refractivity contribution in [2.24, 2.45) is 12.0 Å². The third-order valence-corrected chi connectivity index (χ3v) is 11.5. The van der Waals surface area contributed by atoms with Crippen molar-refractivity contribution in [1.29, 1.82) is 0 Å². The van der Waals surface area contributed by atoms with Crippen molar-refractivity contribution >= 4 is 63.7 Å². The number of ether oxygens (including phenoxy) is 1. The van der Waals surface area contributed by atoms with E-state index < -0.39 is 30.3 Å². The summed E-state index contributed by atoms with van der Waals surface area (Å²) in [7, 11) is 1.68. The maximum absolute atomic E-state index is 14.2. The predicted octanol–water partition coefficient (Wildman–Crippen LogP) is 2.47. The van der Waals surface area contributed by atoms with Crippen molar-refractivity contribution in [3.05, 3.63) is 88.1 Å². The van der Waals surface area contributed by atoms with Gasteiger partial charge in [0.15, 0.2) is 11.7 Å². The van der Waals surface area contributed by atoms with E-state index in [0.29, 0.717) is 48.8 Å². The number of carbonyl (C=O) groups is 4. The number of aromatic nitrogens is 5. The molecule has 2 unspecified atom stereocenters. The normalized spacial score (nSPS) is 18.6. The third kappa shape index (κ3) is 9.56. The summed E-state index contributed by atoms with van der Waals surface area (Å²) >= 11 is 0. The summed E-state index contributed by atoms with van der Waals surface area (Å²) < 4.78 is 40.0. The number of nitrogens with zero attached hydrogens (tertiary/aromatic N) is 8. The molecule has 4 N–H and O–H groups in total. The van der Waals surface area contributed by atoms with Gasteiger partial charge >= 0.3 is 5.69 Å². The number of amides is 4. The number of rotatable bonds is 16. The van der Waals surface area contributed by atoms with Gasteiger partial charge in [0.2, 0.25) is 23.7 Å². The number of hydrazine groups is 1. The highest BCUT2D eigenvalue weighted by molar-refractivity contribution is 6.35. The minimum absolute atomic E-state index is 0.0976. The molecule has 2 aromatic carbocycles. The lowest BCUT2D eigenvalue weighted by Gasteiger charge is -2.28. The van der Waals surface area contributed by atoms with Crippen molar-refractivity contribution in [2.45, 2.75) is 63.5 Å². The maximum atomic E-state index is 14.2. The molecule has 4 amide bonds. The van der Waals surface area contributed by atoms with Crippen LogP contribution in [-0.4, -0.2) is 122 Å². The Labute approximate surface area is 360 Å². The number of piperidine rings is 1. The van der Waals surface area contributed by atoms with E-state index in [9.17, 15) is 32.8 Å². The minimum Gasteiger partial charge on any atom is -0.381 e. The van der Waals surface area contributed by atoms with Gasteiger partial charge in [-0.25, -0.2) is 28.1 Å². The Balaban J connectivity index is 0.760. The van der Waals surface area contributed by atoms with Gasteiger partial charge in [0, 0.05) is 83.3 Å². The Hall–Kier alpha value is -6.67. The number of unbranched alkanes of at least 4 members (excludes halogenated alkanes) is 2. The Morgan fingerprint density at radius 3 is 2.54 bits per heavy atom. The fraction of sp³-hybridized carbons (Fsp3) is 0.419. The zero-order valence-corrected chi connectivity index (χ0v) is 34.8. The Kier molecular flexibility index (Phi) is 13.1. The molecule has 8 rings (SSSR count). The summed E-state index contributed by atoms with van der Waals surface area (Å²) in [6.45, 7) is 4.72. The lowest BCUT2D eigenvalue weighted by molar-refractivity contribution is -0.501. The number of fused-ring (bicyclic) bond motifs is 2. The van der Waals surface area contributed by atoms with Crippen LogP contribution in [0.25, 0.3) is 16.7 Å². The molecule has 2 atom stereocenters. The van der Waals surface area contributed by atoms with Gasteiger partial charge in [-0.15, -0.1) is 0 Å². The van der Waals surface area contributed by atoms with E-state index in [2.05, 4.69) is 41.4 Å². The quantitative estimate of drug-likeness (QED) is 0.0645. The van der Waals surface area contributed by atoms with Crippen LogP contribution in [0.5, 0.6) is 0 Å². The zero-order chi connectivity index (χ0) is 44.0. The summed E-state index contributed by atoms with van der Waals surface area (Å²) in [4.78, 5) is 74.1. The minimum atomic E-state index is -2.86. The van der Waals surface area contributed by atoms with Gasteiger partial charge in [-0.3, -0.25) is 33.6 Å². The maximum Gasteiger partial charge on any atom is 0.329 e. The Morgan fingerprint density at radius 2 is 1.78 bits per heavy atom. The molecule has 5 aromatic rings. The fourth-order valence-electron chi connectivity index (χ4n) is 7.99. The second kappa shape index (κ2) is 19.2. The number of aryl methyl sites for hydroxylation is 2. The van der Waals surface area contributed by atoms with E-state index in [0.717, 1.165) is 62.9 Å². The molecule has 2 saturated heterocycles. The summed E-state index contributed by atoms with van der Waals surface area (Å²) in [6, 6.07) is 11.8. The molecule has 3 aliphatic heterocycles. The Morgan fingerprint density at radius 1 is 1.00 bits per heavy atom. The van der Waals surface area contributed by atoms with Crippen LogP contribution in [0.3, 0.4) is 0 Å². The number of nitrogens with one attached hydrogen (secondary N) is 4. The molecule has 0 saturated carbocycles. The van der Waals surface area contributed by atoms with Gasteiger partial charge in [0.1, 0.15) is 23.1 Å². The first-order chi connectivity index (χ1) is 30.5. The van der Waals surface area contributed by atoms with Crippen LogP contribution in [-0.2, 0) is 27.8 Å². The van der Waals surface area contributed by atoms with E-state index in [1.165, 1.54) is 30.7 Å². The molecule has 20 heteroatoms. The van der Waals surface area contributed by atoms with E-state index >= 15 is 0 Å². The Bertz CT molecular complexity index is 2650. The van der Waals surface area contributed by atoms with E-state index in [4.69, 9.17) is 4.74 Å². The number of imidazole rings is 1. The molecular formula is C43H49F2N12O6+. The topological polar surface area (TPSA) is 201 Å². The van der Waals surface area contributed by atoms with E-state index in [1.807, 2.05) is 24.3 Å². The van der Waals surface area contributed by atoms with Crippen LogP contribution in [0.2, 0.25) is 0 Å². The molecule has 63 heavy (non-hydrogen) atoms. The first-order valence-corrected chi connectivity index (χ1v) is 21.2. The number of hydrogen-bond donors (Lipinski definition) is 4. The number of carbonyl (C=O) groups excluding carboxylic acids is 4. The lowest BCUT2D eigenvalue weighted by Crippen LogP contribution is -2.44. The highest BCUT2D eigenvalue weighted by atomic mass is 19.3. The number of alkyl halides is 2. The molecule has 6 heterocycles. The summed E-state index contributed by atoms with van der Waals surface area (Å²) in [5.41, 5.74) is 5.98. The average Bonchev–Trinajstić information content (AvgIpc) is 3.98. The van der Waals surface area contributed by atoms with Crippen LogP contribution in [0.15, 0.2) is 70.7 Å². The number of piperazine rings is 1. The van der Waals surface area contributed by atoms with Crippen LogP contribution in [0.1, 0.15) is 70.8 Å². The van der Waals surface area contributed by atoms with Gasteiger partial charge in [-0.1, -0.05) is 10.8 Å². The number of benzene rings is 2. The first kappa shape index (κ1) is 43.0. The van der Waals surface area contributed by atoms with Gasteiger partial charge < -0.3 is 20.3 Å². The lowest BCUT2D eigenvalue weighted by atomic mass is 10.0. The van der Waals surface area contributed by atoms with Crippen molar-refractivity contribution in [2.75, 3.05) is 50.8 Å². The molecule has 18 nitrogen and oxygen atoms in total. The molecule has 3 aliphatic rings. The number of aliphatic imine (C=N–C) groups is 1. The SMILES string of the molecule is Cn1c(=O)n(C2CCC(=O)NC2=O)c2ccc(CCCCOCCCCNC(=O)c3ccc([N+]4=CC(=NC(=O)c5cnn6ccc(N7CCNCC7)nc56)C(C(F)F)N4)cc3)cc21. The highest BCUT2D eigenvalue weighted by Crippen LogP contribution is 2.25. The monoisotopic (exact) mass is 867 g/mol. The molecule has 0 bridgehead atoms. The van der Waals surface area contributed by atoms with Crippen molar-refractivity contribution < 1.29 is 37.4 Å². The second-order valence-corrected chi connectivity index (χ2v) is 15.7. The highest BCUT2D eigenvalue weighted by Gasteiger charge is 2.39. The average molecular weight is 868 g/mol. The summed E-state index contributed by atoms with van der Waals surface area (Å²) in [5.74, 6) is -1.11. The summed E-state index contributed by atoms with van der Waals surface area (Å²) in [5, 5.41) is 12.7. The van der Waals surface area contributed by atoms with Gasteiger partial charge in [0.05, 0.1) is 17.2 Å². The van der Waals surface area contributed by atoms with Crippen molar-refractivity contribution in [1.82, 2.24) is 45.1 Å². The molecule has 3 aromatic heterocycles. The van der Waals surface area contributed by atoms with Crippen molar-refractivity contribution in [3.8, 4) is 0 Å². The number of imide groups is 1. The van der Waals surface area contributed by atoms with Crippen LogP contribution in [0, 0.1) is 0 Å². The largest absolute Gasteiger partial charge is 0.381 e. The van der Waals surface area contributed by atoms with Crippen molar-refractivity contribution in [3.63, 3.8) is 0 Å². The number of anilines is 1. The summed E-state index contributed by atoms with van der Waals surface area (Å²) in [6.07, 6.45) is 6.00.